The number of hydrogen-bond acceptors (Lipinski definition) is 5. The maximum Gasteiger partial charge on any atom is 0.270 e. The van der Waals surface area contributed by atoms with E-state index in [-0.39, 0.29) is 5.91 Å². The molecule has 1 saturated heterocycles. The molecule has 1 amide bonds. The second-order valence-corrected chi connectivity index (χ2v) is 6.63. The van der Waals surface area contributed by atoms with Gasteiger partial charge in [-0.05, 0) is 35.9 Å². The van der Waals surface area contributed by atoms with Gasteiger partial charge < -0.3 is 4.74 Å². The first-order chi connectivity index (χ1) is 11.6. The Morgan fingerprint density at radius 1 is 1.25 bits per heavy atom. The first-order valence-corrected chi connectivity index (χ1v) is 8.27. The highest BCUT2D eigenvalue weighted by atomic mass is 32.2. The number of benzene rings is 2. The topological polar surface area (TPSA) is 53.3 Å². The molecule has 0 N–H and O–H groups in total. The lowest BCUT2D eigenvalue weighted by molar-refractivity contribution is -0.113. The van der Waals surface area contributed by atoms with Crippen LogP contribution in [-0.2, 0) is 4.79 Å². The second-order valence-electron chi connectivity index (χ2n) is 4.95. The molecule has 1 aliphatic heterocycles. The summed E-state index contributed by atoms with van der Waals surface area (Å²) in [6, 6.07) is 16.3. The standard InChI is InChI=1S/C18H12N2O2S2/c1-22-15-4-2-3-14(10-15)20-17(21)16(24-18(20)23)9-12-5-7-13(11-19)8-6-12/h2-10H,1H3/b16-9+. The lowest BCUT2D eigenvalue weighted by Crippen LogP contribution is -2.27. The highest BCUT2D eigenvalue weighted by Crippen LogP contribution is 2.36. The Kier molecular flexibility index (Phi) is 4.65. The van der Waals surface area contributed by atoms with Crippen LogP contribution in [0.15, 0.2) is 53.4 Å². The van der Waals surface area contributed by atoms with E-state index in [1.54, 1.807) is 43.5 Å². The first kappa shape index (κ1) is 16.2. The van der Waals surface area contributed by atoms with Crippen LogP contribution in [-0.4, -0.2) is 17.3 Å². The Morgan fingerprint density at radius 3 is 2.67 bits per heavy atom. The molecule has 0 radical (unpaired) electrons. The van der Waals surface area contributed by atoms with Crippen LogP contribution in [0.2, 0.25) is 0 Å². The number of methoxy groups -OCH3 is 1. The van der Waals surface area contributed by atoms with Crippen LogP contribution in [0.4, 0.5) is 5.69 Å². The van der Waals surface area contributed by atoms with Gasteiger partial charge in [0.1, 0.15) is 5.75 Å². The second kappa shape index (κ2) is 6.87. The SMILES string of the molecule is COc1cccc(N2C(=O)/C(=C\c3ccc(C#N)cc3)SC2=S)c1. The van der Waals surface area contributed by atoms with E-state index in [1.807, 2.05) is 18.2 Å². The monoisotopic (exact) mass is 352 g/mol. The molecule has 0 aromatic heterocycles. The molecule has 0 saturated carbocycles. The minimum Gasteiger partial charge on any atom is -0.497 e. The summed E-state index contributed by atoms with van der Waals surface area (Å²) in [7, 11) is 1.58. The van der Waals surface area contributed by atoms with Gasteiger partial charge in [-0.1, -0.05) is 42.2 Å². The van der Waals surface area contributed by atoms with E-state index in [2.05, 4.69) is 6.07 Å². The van der Waals surface area contributed by atoms with Crippen molar-refractivity contribution in [2.24, 2.45) is 0 Å². The third-order valence-electron chi connectivity index (χ3n) is 3.44. The zero-order valence-corrected chi connectivity index (χ0v) is 14.4. The molecule has 0 unspecified atom stereocenters. The van der Waals surface area contributed by atoms with Gasteiger partial charge in [-0.25, -0.2) is 0 Å². The van der Waals surface area contributed by atoms with Crippen molar-refractivity contribution >= 4 is 46.0 Å². The summed E-state index contributed by atoms with van der Waals surface area (Å²) in [6.45, 7) is 0. The highest BCUT2D eigenvalue weighted by molar-refractivity contribution is 8.27. The lowest BCUT2D eigenvalue weighted by Gasteiger charge is -2.15. The van der Waals surface area contributed by atoms with Crippen molar-refractivity contribution < 1.29 is 9.53 Å². The summed E-state index contributed by atoms with van der Waals surface area (Å²) < 4.78 is 5.68. The van der Waals surface area contributed by atoms with Crippen molar-refractivity contribution in [3.05, 3.63) is 64.6 Å². The number of thiocarbonyl (C=S) groups is 1. The number of hydrogen-bond donors (Lipinski definition) is 0. The fourth-order valence-corrected chi connectivity index (χ4v) is 3.54. The minimum atomic E-state index is -0.164. The Hall–Kier alpha value is -2.62. The molecule has 0 atom stereocenters. The molecular formula is C18H12N2O2S2. The molecule has 0 aliphatic carbocycles. The number of anilines is 1. The van der Waals surface area contributed by atoms with Gasteiger partial charge in [0.15, 0.2) is 4.32 Å². The van der Waals surface area contributed by atoms with E-state index < -0.39 is 0 Å². The molecule has 2 aromatic rings. The fourth-order valence-electron chi connectivity index (χ4n) is 2.25. The Balaban J connectivity index is 1.90. The van der Waals surface area contributed by atoms with Crippen LogP contribution in [0.5, 0.6) is 5.75 Å². The zero-order valence-electron chi connectivity index (χ0n) is 12.7. The van der Waals surface area contributed by atoms with Crippen molar-refractivity contribution in [3.8, 4) is 11.8 Å². The Morgan fingerprint density at radius 2 is 2.00 bits per heavy atom. The first-order valence-electron chi connectivity index (χ1n) is 7.04. The number of nitrogens with zero attached hydrogens (tertiary/aromatic N) is 2. The van der Waals surface area contributed by atoms with E-state index in [0.29, 0.717) is 26.2 Å². The van der Waals surface area contributed by atoms with Crippen molar-refractivity contribution in [3.63, 3.8) is 0 Å². The molecule has 1 heterocycles. The van der Waals surface area contributed by atoms with Gasteiger partial charge >= 0.3 is 0 Å². The number of carbonyl (C=O) groups excluding carboxylic acids is 1. The van der Waals surface area contributed by atoms with E-state index in [4.69, 9.17) is 22.2 Å². The molecule has 2 aromatic carbocycles. The van der Waals surface area contributed by atoms with Crippen LogP contribution in [0, 0.1) is 11.3 Å². The predicted octanol–water partition coefficient (Wildman–Crippen LogP) is 3.97. The van der Waals surface area contributed by atoms with Gasteiger partial charge in [0.05, 0.1) is 29.3 Å². The number of ether oxygens (including phenoxy) is 1. The average molecular weight is 352 g/mol. The summed E-state index contributed by atoms with van der Waals surface area (Å²) in [5.41, 5.74) is 2.11. The normalized spacial score (nSPS) is 15.7. The van der Waals surface area contributed by atoms with Crippen LogP contribution in [0.1, 0.15) is 11.1 Å². The Labute approximate surface area is 149 Å². The van der Waals surface area contributed by atoms with E-state index in [1.165, 1.54) is 16.7 Å². The summed E-state index contributed by atoms with van der Waals surface area (Å²) in [4.78, 5) is 14.7. The van der Waals surface area contributed by atoms with E-state index in [0.717, 1.165) is 5.56 Å². The molecule has 6 heteroatoms. The number of rotatable bonds is 3. The summed E-state index contributed by atoms with van der Waals surface area (Å²) in [5.74, 6) is 0.500. The number of nitriles is 1. The van der Waals surface area contributed by atoms with Crippen LogP contribution < -0.4 is 9.64 Å². The predicted molar refractivity (Wildman–Crippen MR) is 99.8 cm³/mol. The van der Waals surface area contributed by atoms with Crippen molar-refractivity contribution in [2.75, 3.05) is 12.0 Å². The number of thioether (sulfide) groups is 1. The van der Waals surface area contributed by atoms with Gasteiger partial charge in [-0.2, -0.15) is 5.26 Å². The molecule has 1 aliphatic rings. The van der Waals surface area contributed by atoms with Gasteiger partial charge in [-0.15, -0.1) is 0 Å². The molecule has 4 nitrogen and oxygen atoms in total. The highest BCUT2D eigenvalue weighted by Gasteiger charge is 2.33. The zero-order chi connectivity index (χ0) is 17.1. The van der Waals surface area contributed by atoms with E-state index >= 15 is 0 Å². The molecule has 118 valence electrons. The van der Waals surface area contributed by atoms with Crippen LogP contribution in [0.3, 0.4) is 0 Å². The van der Waals surface area contributed by atoms with Crippen molar-refractivity contribution in [1.82, 2.24) is 0 Å². The maximum absolute atomic E-state index is 12.7. The summed E-state index contributed by atoms with van der Waals surface area (Å²) in [5, 5.41) is 8.84. The summed E-state index contributed by atoms with van der Waals surface area (Å²) >= 11 is 6.61. The number of carbonyl (C=O) groups is 1. The van der Waals surface area contributed by atoms with Gasteiger partial charge in [0.2, 0.25) is 0 Å². The molecule has 3 rings (SSSR count). The lowest BCUT2D eigenvalue weighted by atomic mass is 10.1. The average Bonchev–Trinajstić information content (AvgIpc) is 2.89. The smallest absolute Gasteiger partial charge is 0.270 e. The van der Waals surface area contributed by atoms with Gasteiger partial charge in [-0.3, -0.25) is 9.69 Å². The van der Waals surface area contributed by atoms with Crippen LogP contribution >= 0.6 is 24.0 Å². The largest absolute Gasteiger partial charge is 0.497 e. The van der Waals surface area contributed by atoms with Crippen molar-refractivity contribution in [2.45, 2.75) is 0 Å². The van der Waals surface area contributed by atoms with Crippen LogP contribution in [0.25, 0.3) is 6.08 Å². The number of amides is 1. The van der Waals surface area contributed by atoms with Gasteiger partial charge in [0.25, 0.3) is 5.91 Å². The third kappa shape index (κ3) is 3.18. The molecule has 1 fully saturated rings. The Bertz CT molecular complexity index is 883. The van der Waals surface area contributed by atoms with E-state index in [9.17, 15) is 4.79 Å². The minimum absolute atomic E-state index is 0.164. The fraction of sp³-hybridized carbons (Fsp3) is 0.0556. The third-order valence-corrected chi connectivity index (χ3v) is 4.74. The maximum atomic E-state index is 12.7. The summed E-state index contributed by atoms with van der Waals surface area (Å²) in [6.07, 6.45) is 1.78. The molecule has 24 heavy (non-hydrogen) atoms. The van der Waals surface area contributed by atoms with Crippen molar-refractivity contribution in [1.29, 1.82) is 5.26 Å². The van der Waals surface area contributed by atoms with Gasteiger partial charge in [0, 0.05) is 6.07 Å². The molecule has 0 spiro atoms. The molecular weight excluding hydrogens is 340 g/mol. The quantitative estimate of drug-likeness (QED) is 0.618. The molecule has 0 bridgehead atoms.